The second-order valence-electron chi connectivity index (χ2n) is 11.0. The number of hydrogen-bond donors (Lipinski definition) is 0. The second-order valence-corrected chi connectivity index (χ2v) is 12.9. The maximum Gasteiger partial charge on any atom is 0 e. The smallest absolute Gasteiger partial charge is 0 e. The Bertz CT molecular complexity index is 1170. The van der Waals surface area contributed by atoms with Gasteiger partial charge in [0.2, 0.25) is 0 Å². The molecule has 0 aliphatic heterocycles. The van der Waals surface area contributed by atoms with Crippen molar-refractivity contribution in [2.45, 2.75) is 92.9 Å². The molecule has 41 heavy (non-hydrogen) atoms. The van der Waals surface area contributed by atoms with Crippen LogP contribution < -0.4 is 0 Å². The minimum absolute atomic E-state index is 0. The molecule has 0 amide bonds. The third-order valence-electron chi connectivity index (χ3n) is 6.73. The average molecular weight is 639 g/mol. The number of pyridine rings is 1. The summed E-state index contributed by atoms with van der Waals surface area (Å²) in [6.07, 6.45) is 0. The SMILES string of the molecule is C=C.CC(=Nc1c(C(C)C)cccc1C(C)C)c1cccc(C(C)=Nc2c(C(C)C)cccc2C(C)C)n1.[Cl][Fe][Cl].[HH]. The molecule has 0 saturated carbocycles. The van der Waals surface area contributed by atoms with Crippen molar-refractivity contribution in [3.8, 4) is 0 Å². The molecule has 3 aromatic rings. The molecule has 2 aromatic carbocycles. The first-order valence-electron chi connectivity index (χ1n) is 14.1. The quantitative estimate of drug-likeness (QED) is 0.137. The van der Waals surface area contributed by atoms with Gasteiger partial charge < -0.3 is 0 Å². The van der Waals surface area contributed by atoms with Crippen molar-refractivity contribution in [1.82, 2.24) is 4.98 Å². The van der Waals surface area contributed by atoms with E-state index in [4.69, 9.17) is 35.2 Å². The van der Waals surface area contributed by atoms with Gasteiger partial charge in [-0.15, -0.1) is 13.2 Å². The summed E-state index contributed by atoms with van der Waals surface area (Å²) >= 11 is 0.194. The molecule has 0 atom stereocenters. The van der Waals surface area contributed by atoms with Crippen LogP contribution in [0.25, 0.3) is 0 Å². The van der Waals surface area contributed by atoms with E-state index < -0.39 is 0 Å². The first kappa shape index (κ1) is 36.8. The molecule has 0 spiro atoms. The molecule has 226 valence electrons. The topological polar surface area (TPSA) is 37.6 Å². The molecule has 6 heteroatoms. The molecule has 3 rings (SSSR count). The van der Waals surface area contributed by atoms with Gasteiger partial charge in [-0.2, -0.15) is 0 Å². The van der Waals surface area contributed by atoms with Gasteiger partial charge in [-0.3, -0.25) is 9.98 Å². The van der Waals surface area contributed by atoms with Gasteiger partial charge in [0.15, 0.2) is 0 Å². The number of nitrogens with zero attached hydrogens (tertiary/aromatic N) is 3. The fourth-order valence-electron chi connectivity index (χ4n) is 4.57. The molecule has 0 bridgehead atoms. The molecular formula is C35H49Cl2FeN3. The zero-order valence-electron chi connectivity index (χ0n) is 26.4. The van der Waals surface area contributed by atoms with Gasteiger partial charge in [-0.1, -0.05) is 97.9 Å². The minimum Gasteiger partial charge on any atom is 0 e. The van der Waals surface area contributed by atoms with Crippen LogP contribution in [-0.2, 0) is 13.1 Å². The van der Waals surface area contributed by atoms with E-state index in [9.17, 15) is 0 Å². The molecule has 1 heterocycles. The number of para-hydroxylation sites is 2. The fourth-order valence-corrected chi connectivity index (χ4v) is 4.57. The van der Waals surface area contributed by atoms with Crippen LogP contribution in [0.2, 0.25) is 0 Å². The molecular weight excluding hydrogens is 589 g/mol. The Balaban J connectivity index is 0.00000263. The van der Waals surface area contributed by atoms with Crippen LogP contribution in [0.15, 0.2) is 77.7 Å². The Kier molecular flexibility index (Phi) is 16.5. The van der Waals surface area contributed by atoms with Gasteiger partial charge in [-0.05, 0) is 71.9 Å². The maximum atomic E-state index is 5.15. The second kappa shape index (κ2) is 18.3. The zero-order valence-corrected chi connectivity index (χ0v) is 29.0. The van der Waals surface area contributed by atoms with Crippen molar-refractivity contribution in [2.24, 2.45) is 9.98 Å². The zero-order chi connectivity index (χ0) is 31.3. The van der Waals surface area contributed by atoms with Crippen molar-refractivity contribution in [3.63, 3.8) is 0 Å². The first-order valence-corrected chi connectivity index (χ1v) is 17.2. The summed E-state index contributed by atoms with van der Waals surface area (Å²) in [4.78, 5) is 15.3. The molecule has 0 fully saturated rings. The predicted molar refractivity (Wildman–Crippen MR) is 182 cm³/mol. The van der Waals surface area contributed by atoms with Crippen LogP contribution in [-0.4, -0.2) is 16.4 Å². The predicted octanol–water partition coefficient (Wildman–Crippen LogP) is 12.3. The van der Waals surface area contributed by atoms with Crippen molar-refractivity contribution in [3.05, 3.63) is 101 Å². The van der Waals surface area contributed by atoms with Crippen LogP contribution >= 0.6 is 20.2 Å². The van der Waals surface area contributed by atoms with Crippen molar-refractivity contribution in [1.29, 1.82) is 0 Å². The summed E-state index contributed by atoms with van der Waals surface area (Å²) in [6.45, 7) is 28.0. The van der Waals surface area contributed by atoms with E-state index in [0.717, 1.165) is 34.2 Å². The summed E-state index contributed by atoms with van der Waals surface area (Å²) in [5.74, 6) is 1.61. The molecule has 1 aromatic heterocycles. The molecule has 0 unspecified atom stereocenters. The van der Waals surface area contributed by atoms with E-state index in [1.165, 1.54) is 22.3 Å². The summed E-state index contributed by atoms with van der Waals surface area (Å²) < 4.78 is 0. The molecule has 0 aliphatic rings. The monoisotopic (exact) mass is 637 g/mol. The molecule has 3 nitrogen and oxygen atoms in total. The number of halogens is 2. The fraction of sp³-hybridized carbons (Fsp3) is 0.400. The van der Waals surface area contributed by atoms with Gasteiger partial charge in [-0.25, -0.2) is 4.98 Å². The van der Waals surface area contributed by atoms with Gasteiger partial charge in [0.25, 0.3) is 0 Å². The first-order chi connectivity index (χ1) is 19.4. The maximum absolute atomic E-state index is 5.15. The van der Waals surface area contributed by atoms with E-state index >= 15 is 0 Å². The minimum atomic E-state index is 0. The Hall–Kier alpha value is -2.23. The van der Waals surface area contributed by atoms with E-state index in [-0.39, 0.29) is 14.6 Å². The largest absolute Gasteiger partial charge is 0 e. The summed E-state index contributed by atoms with van der Waals surface area (Å²) in [7, 11) is 9.53. The number of benzene rings is 2. The van der Waals surface area contributed by atoms with Crippen molar-refractivity contribution in [2.75, 3.05) is 0 Å². The van der Waals surface area contributed by atoms with Gasteiger partial charge >= 0.3 is 33.3 Å². The van der Waals surface area contributed by atoms with E-state index in [1.54, 1.807) is 0 Å². The summed E-state index contributed by atoms with van der Waals surface area (Å²) in [6, 6.07) is 19.2. The van der Waals surface area contributed by atoms with Crippen molar-refractivity contribution >= 4 is 43.0 Å². The molecule has 0 aliphatic carbocycles. The molecule has 0 saturated heterocycles. The third-order valence-corrected chi connectivity index (χ3v) is 6.73. The van der Waals surface area contributed by atoms with Crippen LogP contribution in [0.1, 0.15) is 128 Å². The van der Waals surface area contributed by atoms with Gasteiger partial charge in [0.05, 0.1) is 34.2 Å². The number of hydrogen-bond acceptors (Lipinski definition) is 3. The van der Waals surface area contributed by atoms with Gasteiger partial charge in [0, 0.05) is 1.43 Å². The van der Waals surface area contributed by atoms with Crippen LogP contribution in [0.5, 0.6) is 0 Å². The van der Waals surface area contributed by atoms with E-state index in [1.807, 2.05) is 12.1 Å². The Morgan fingerprint density at radius 1 is 0.610 bits per heavy atom. The van der Waals surface area contributed by atoms with Gasteiger partial charge in [0.1, 0.15) is 0 Å². The van der Waals surface area contributed by atoms with E-state index in [2.05, 4.69) is 125 Å². The Morgan fingerprint density at radius 3 is 1.10 bits per heavy atom. The summed E-state index contributed by atoms with van der Waals surface area (Å²) in [5, 5.41) is 0. The van der Waals surface area contributed by atoms with Crippen LogP contribution in [0, 0.1) is 0 Å². The normalized spacial score (nSPS) is 12.0. The van der Waals surface area contributed by atoms with Crippen LogP contribution in [0.4, 0.5) is 11.4 Å². The summed E-state index contributed by atoms with van der Waals surface area (Å²) in [5.41, 5.74) is 10.9. The molecule has 0 radical (unpaired) electrons. The standard InChI is InChI=1S/C33H43N3.C2H4.2ClH.Fe.H2/c1-20(2)26-14-11-15-27(21(3)4)32(26)34-24(9)30-18-13-19-31(36-30)25(10)35-33-28(22(5)6)16-12-17-29(33)23(7)8;1-2;;;;/h11-23H,1-10H3;1-2H2;2*1H;;1H/q;;;;+2;/p-2. The number of rotatable bonds is 8. The Morgan fingerprint density at radius 2 is 0.854 bits per heavy atom. The average Bonchev–Trinajstić information content (AvgIpc) is 2.94. The molecule has 0 N–H and O–H groups in total. The number of aliphatic imine (C=N–C) groups is 2. The third kappa shape index (κ3) is 10.5. The van der Waals surface area contributed by atoms with Crippen LogP contribution in [0.3, 0.4) is 0 Å². The van der Waals surface area contributed by atoms with Crippen molar-refractivity contribution < 1.29 is 14.6 Å². The van der Waals surface area contributed by atoms with E-state index in [0.29, 0.717) is 23.7 Å². The number of aromatic nitrogens is 1. The Labute approximate surface area is 265 Å².